The van der Waals surface area contributed by atoms with Crippen LogP contribution < -0.4 is 5.32 Å². The Morgan fingerprint density at radius 2 is 1.59 bits per heavy atom. The van der Waals surface area contributed by atoms with Gasteiger partial charge in [0.15, 0.2) is 0 Å². The Balaban J connectivity index is 1.69. The highest BCUT2D eigenvalue weighted by atomic mass is 19.3. The predicted octanol–water partition coefficient (Wildman–Crippen LogP) is 4.26. The quantitative estimate of drug-likeness (QED) is 0.537. The number of nitrogens with one attached hydrogen (secondary N) is 1. The van der Waals surface area contributed by atoms with Gasteiger partial charge in [0, 0.05) is 24.9 Å². The monoisotopic (exact) mass is 474 g/mol. The summed E-state index contributed by atoms with van der Waals surface area (Å²) >= 11 is 0. The molecule has 1 aliphatic carbocycles. The number of fused-ring (bicyclic) bond motifs is 3. The fraction of sp³-hybridized carbons (Fsp3) is 0.400. The molecule has 7 nitrogen and oxygen atoms in total. The lowest BCUT2D eigenvalue weighted by Gasteiger charge is -2.30. The van der Waals surface area contributed by atoms with Gasteiger partial charge in [0.2, 0.25) is 12.3 Å². The number of aliphatic carboxylic acids is 1. The third-order valence-electron chi connectivity index (χ3n) is 5.82. The van der Waals surface area contributed by atoms with Crippen LogP contribution in [0.4, 0.5) is 13.6 Å². The Bertz CT molecular complexity index is 998. The molecule has 0 aliphatic heterocycles. The molecular formula is C25H28F2N2O5. The summed E-state index contributed by atoms with van der Waals surface area (Å²) in [4.78, 5) is 37.5. The Kier molecular flexibility index (Phi) is 8.20. The van der Waals surface area contributed by atoms with E-state index in [0.29, 0.717) is 0 Å². The van der Waals surface area contributed by atoms with E-state index in [1.165, 1.54) is 4.90 Å². The first-order valence-electron chi connectivity index (χ1n) is 11.1. The first kappa shape index (κ1) is 25.1. The third kappa shape index (κ3) is 5.89. The lowest BCUT2D eigenvalue weighted by atomic mass is 9.98. The first-order chi connectivity index (χ1) is 16.2. The molecule has 0 aromatic heterocycles. The number of halogens is 2. The van der Waals surface area contributed by atoms with Crippen molar-refractivity contribution in [3.8, 4) is 11.1 Å². The summed E-state index contributed by atoms with van der Waals surface area (Å²) in [6.45, 7) is 3.11. The molecule has 1 aliphatic rings. The number of hydrogen-bond acceptors (Lipinski definition) is 4. The smallest absolute Gasteiger partial charge is 0.407 e. The van der Waals surface area contributed by atoms with Crippen LogP contribution in [0.2, 0.25) is 0 Å². The van der Waals surface area contributed by atoms with Crippen LogP contribution in [0.3, 0.4) is 0 Å². The number of alkyl carbamates (subject to hydrolysis) is 1. The molecule has 2 N–H and O–H groups in total. The van der Waals surface area contributed by atoms with Crippen molar-refractivity contribution in [2.75, 3.05) is 13.2 Å². The Labute approximate surface area is 196 Å². The summed E-state index contributed by atoms with van der Waals surface area (Å²) in [5, 5.41) is 11.2. The minimum Gasteiger partial charge on any atom is -0.481 e. The van der Waals surface area contributed by atoms with Gasteiger partial charge < -0.3 is 20.1 Å². The SMILES string of the molecule is CC(C)N(CCC(=O)O)C(=O)C(CC(F)F)NC(=O)OCC1c2ccccc2-c2ccccc21. The summed E-state index contributed by atoms with van der Waals surface area (Å²) in [5.41, 5.74) is 4.08. The van der Waals surface area contributed by atoms with Gasteiger partial charge in [0.25, 0.3) is 0 Å². The molecule has 0 fully saturated rings. The van der Waals surface area contributed by atoms with Crippen molar-refractivity contribution in [2.45, 2.75) is 51.1 Å². The Hall–Kier alpha value is -3.49. The second kappa shape index (κ2) is 11.1. The molecule has 1 unspecified atom stereocenters. The number of carboxylic acid groups (broad SMARTS) is 1. The number of benzene rings is 2. The van der Waals surface area contributed by atoms with Gasteiger partial charge in [-0.1, -0.05) is 48.5 Å². The van der Waals surface area contributed by atoms with Crippen molar-refractivity contribution in [3.05, 3.63) is 59.7 Å². The lowest BCUT2D eigenvalue weighted by Crippen LogP contribution is -2.52. The number of carbonyl (C=O) groups excluding carboxylic acids is 2. The Morgan fingerprint density at radius 1 is 1.03 bits per heavy atom. The minimum atomic E-state index is -2.85. The van der Waals surface area contributed by atoms with E-state index in [-0.39, 0.29) is 25.5 Å². The van der Waals surface area contributed by atoms with Gasteiger partial charge >= 0.3 is 12.1 Å². The molecule has 0 spiro atoms. The summed E-state index contributed by atoms with van der Waals surface area (Å²) in [6.07, 6.45) is -5.07. The molecule has 0 saturated carbocycles. The largest absolute Gasteiger partial charge is 0.481 e. The number of amides is 2. The minimum absolute atomic E-state index is 0.0254. The molecule has 0 heterocycles. The maximum absolute atomic E-state index is 13.2. The van der Waals surface area contributed by atoms with Gasteiger partial charge in [-0.25, -0.2) is 13.6 Å². The fourth-order valence-electron chi connectivity index (χ4n) is 4.22. The van der Waals surface area contributed by atoms with Crippen molar-refractivity contribution in [2.24, 2.45) is 0 Å². The molecule has 0 saturated heterocycles. The van der Waals surface area contributed by atoms with Gasteiger partial charge in [0.05, 0.1) is 6.42 Å². The highest BCUT2D eigenvalue weighted by molar-refractivity contribution is 5.86. The van der Waals surface area contributed by atoms with Crippen LogP contribution in [0.5, 0.6) is 0 Å². The number of alkyl halides is 2. The van der Waals surface area contributed by atoms with E-state index in [9.17, 15) is 23.2 Å². The van der Waals surface area contributed by atoms with Crippen LogP contribution in [-0.2, 0) is 14.3 Å². The molecule has 2 aromatic rings. The van der Waals surface area contributed by atoms with Crippen LogP contribution in [0.25, 0.3) is 11.1 Å². The van der Waals surface area contributed by atoms with Gasteiger partial charge in [-0.15, -0.1) is 0 Å². The molecule has 1 atom stereocenters. The number of nitrogens with zero attached hydrogens (tertiary/aromatic N) is 1. The summed E-state index contributed by atoms with van der Waals surface area (Å²) < 4.78 is 31.7. The van der Waals surface area contributed by atoms with Gasteiger partial charge in [-0.2, -0.15) is 0 Å². The van der Waals surface area contributed by atoms with E-state index in [0.717, 1.165) is 22.3 Å². The van der Waals surface area contributed by atoms with Crippen LogP contribution in [0.1, 0.15) is 43.7 Å². The van der Waals surface area contributed by atoms with Crippen molar-refractivity contribution in [1.29, 1.82) is 0 Å². The summed E-state index contributed by atoms with van der Waals surface area (Å²) in [5.74, 6) is -2.11. The van der Waals surface area contributed by atoms with Crippen molar-refractivity contribution in [3.63, 3.8) is 0 Å². The zero-order valence-electron chi connectivity index (χ0n) is 19.0. The zero-order chi connectivity index (χ0) is 24.8. The maximum atomic E-state index is 13.2. The van der Waals surface area contributed by atoms with Crippen LogP contribution in [-0.4, -0.2) is 59.6 Å². The van der Waals surface area contributed by atoms with Crippen molar-refractivity contribution >= 4 is 18.0 Å². The van der Waals surface area contributed by atoms with E-state index < -0.39 is 42.9 Å². The maximum Gasteiger partial charge on any atom is 0.407 e. The molecule has 0 radical (unpaired) electrons. The van der Waals surface area contributed by atoms with Crippen LogP contribution in [0, 0.1) is 0 Å². The zero-order valence-corrected chi connectivity index (χ0v) is 19.0. The van der Waals surface area contributed by atoms with Gasteiger partial charge in [0.1, 0.15) is 12.6 Å². The van der Waals surface area contributed by atoms with Crippen LogP contribution >= 0.6 is 0 Å². The second-order valence-electron chi connectivity index (χ2n) is 8.42. The van der Waals surface area contributed by atoms with E-state index in [1.54, 1.807) is 13.8 Å². The van der Waals surface area contributed by atoms with Gasteiger partial charge in [-0.05, 0) is 36.1 Å². The third-order valence-corrected chi connectivity index (χ3v) is 5.82. The number of hydrogen-bond donors (Lipinski definition) is 2. The molecule has 0 bridgehead atoms. The molecule has 182 valence electrons. The highest BCUT2D eigenvalue weighted by Crippen LogP contribution is 2.44. The Morgan fingerprint density at radius 3 is 2.09 bits per heavy atom. The highest BCUT2D eigenvalue weighted by Gasteiger charge is 2.32. The number of rotatable bonds is 10. The molecule has 3 rings (SSSR count). The average Bonchev–Trinajstić information content (AvgIpc) is 3.10. The van der Waals surface area contributed by atoms with E-state index >= 15 is 0 Å². The van der Waals surface area contributed by atoms with Gasteiger partial charge in [-0.3, -0.25) is 9.59 Å². The summed E-state index contributed by atoms with van der Waals surface area (Å²) in [7, 11) is 0. The number of carboxylic acids is 1. The molecule has 2 amide bonds. The van der Waals surface area contributed by atoms with E-state index in [2.05, 4.69) is 5.32 Å². The normalized spacial score (nSPS) is 13.4. The van der Waals surface area contributed by atoms with Crippen molar-refractivity contribution < 1.29 is 33.0 Å². The topological polar surface area (TPSA) is 95.9 Å². The molecular weight excluding hydrogens is 446 g/mol. The number of ether oxygens (including phenoxy) is 1. The number of carbonyl (C=O) groups is 3. The van der Waals surface area contributed by atoms with E-state index in [4.69, 9.17) is 9.84 Å². The second-order valence-corrected chi connectivity index (χ2v) is 8.42. The van der Waals surface area contributed by atoms with Crippen molar-refractivity contribution in [1.82, 2.24) is 10.2 Å². The standard InChI is InChI=1S/C25H28F2N2O5/c1-15(2)29(12-11-23(30)31)24(32)21(13-22(26)27)28-25(33)34-14-20-18-9-5-3-7-16(18)17-8-4-6-10-19(17)20/h3-10,15,20-22H,11-14H2,1-2H3,(H,28,33)(H,30,31). The average molecular weight is 475 g/mol. The fourth-order valence-corrected chi connectivity index (χ4v) is 4.22. The predicted molar refractivity (Wildman–Crippen MR) is 122 cm³/mol. The molecule has 9 heteroatoms. The summed E-state index contributed by atoms with van der Waals surface area (Å²) in [6, 6.07) is 13.6. The first-order valence-corrected chi connectivity index (χ1v) is 11.1. The van der Waals surface area contributed by atoms with E-state index in [1.807, 2.05) is 48.5 Å². The molecule has 34 heavy (non-hydrogen) atoms. The molecule has 2 aromatic carbocycles. The van der Waals surface area contributed by atoms with Crippen LogP contribution in [0.15, 0.2) is 48.5 Å². The lowest BCUT2D eigenvalue weighted by molar-refractivity contribution is -0.140.